The van der Waals surface area contributed by atoms with Crippen molar-refractivity contribution in [3.63, 3.8) is 0 Å². The van der Waals surface area contributed by atoms with Crippen LogP contribution in [-0.2, 0) is 0 Å². The van der Waals surface area contributed by atoms with E-state index in [-0.39, 0.29) is 5.91 Å². The van der Waals surface area contributed by atoms with Gasteiger partial charge in [-0.3, -0.25) is 4.79 Å². The average Bonchev–Trinajstić information content (AvgIpc) is 2.62. The minimum absolute atomic E-state index is 0.0296. The van der Waals surface area contributed by atoms with Crippen molar-refractivity contribution in [2.45, 2.75) is 51.9 Å². The van der Waals surface area contributed by atoms with Crippen LogP contribution in [0.3, 0.4) is 0 Å². The van der Waals surface area contributed by atoms with Crippen LogP contribution in [-0.4, -0.2) is 40.4 Å². The number of carbonyl (C=O) groups excluding carboxylic acids is 1. The monoisotopic (exact) mass is 328 g/mol. The molecule has 5 nitrogen and oxygen atoms in total. The first-order valence-electron chi connectivity index (χ1n) is 9.26. The zero-order valence-corrected chi connectivity index (χ0v) is 14.6. The van der Waals surface area contributed by atoms with Gasteiger partial charge in [0.25, 0.3) is 5.91 Å². The number of hydrogen-bond donors (Lipinski definition) is 1. The van der Waals surface area contributed by atoms with Crippen LogP contribution >= 0.6 is 0 Å². The van der Waals surface area contributed by atoms with Gasteiger partial charge in [0.05, 0.1) is 0 Å². The molecule has 2 aliphatic rings. The van der Waals surface area contributed by atoms with E-state index in [1.165, 1.54) is 37.7 Å². The molecule has 1 unspecified atom stereocenters. The van der Waals surface area contributed by atoms with Crippen molar-refractivity contribution in [1.29, 1.82) is 0 Å². The number of aromatic nitrogens is 2. The maximum Gasteiger partial charge on any atom is 0.272 e. The highest BCUT2D eigenvalue weighted by Gasteiger charge is 2.23. The molecule has 3 rings (SSSR count). The number of rotatable bonds is 5. The van der Waals surface area contributed by atoms with Gasteiger partial charge >= 0.3 is 0 Å². The number of likely N-dealkylation sites (tertiary alicyclic amines) is 1. The summed E-state index contributed by atoms with van der Waals surface area (Å²) in [5.74, 6) is 1.16. The summed E-state index contributed by atoms with van der Waals surface area (Å²) < 4.78 is 0. The highest BCUT2D eigenvalue weighted by Crippen LogP contribution is 2.20. The van der Waals surface area contributed by atoms with Gasteiger partial charge in [0.15, 0.2) is 0 Å². The predicted octanol–water partition coefficient (Wildman–Crippen LogP) is 3.65. The molecule has 0 radical (unpaired) electrons. The number of carbonyl (C=O) groups is 1. The number of amides is 1. The van der Waals surface area contributed by atoms with Gasteiger partial charge < -0.3 is 10.2 Å². The minimum Gasteiger partial charge on any atom is -0.354 e. The van der Waals surface area contributed by atoms with Crippen molar-refractivity contribution < 1.29 is 4.79 Å². The first-order valence-corrected chi connectivity index (χ1v) is 9.26. The summed E-state index contributed by atoms with van der Waals surface area (Å²) in [5, 5.41) is 3.27. The first kappa shape index (κ1) is 16.9. The van der Waals surface area contributed by atoms with E-state index in [1.807, 2.05) is 4.90 Å². The number of piperidine rings is 1. The van der Waals surface area contributed by atoms with Gasteiger partial charge in [-0.2, -0.15) is 0 Å². The molecule has 24 heavy (non-hydrogen) atoms. The van der Waals surface area contributed by atoms with Crippen molar-refractivity contribution in [2.24, 2.45) is 5.92 Å². The number of allylic oxidation sites excluding steroid dienone is 1. The van der Waals surface area contributed by atoms with Crippen molar-refractivity contribution in [1.82, 2.24) is 14.9 Å². The standard InChI is InChI=1S/C19H28N4O/c1-15-6-5-13-23(14-15)18(24)17-10-12-21-19(22-17)20-11-9-16-7-3-2-4-8-16/h7,10,12,15H,2-6,8-9,11,13-14H2,1H3,(H,20,21,22). The zero-order chi connectivity index (χ0) is 16.8. The lowest BCUT2D eigenvalue weighted by molar-refractivity contribution is 0.0677. The summed E-state index contributed by atoms with van der Waals surface area (Å²) in [6, 6.07) is 1.72. The predicted molar refractivity (Wildman–Crippen MR) is 96.0 cm³/mol. The van der Waals surface area contributed by atoms with E-state index >= 15 is 0 Å². The number of nitrogens with zero attached hydrogens (tertiary/aromatic N) is 3. The summed E-state index contributed by atoms with van der Waals surface area (Å²) in [7, 11) is 0. The van der Waals surface area contributed by atoms with Gasteiger partial charge in [-0.05, 0) is 56.9 Å². The third kappa shape index (κ3) is 4.56. The van der Waals surface area contributed by atoms with Crippen LogP contribution < -0.4 is 5.32 Å². The van der Waals surface area contributed by atoms with E-state index < -0.39 is 0 Å². The molecule has 1 aromatic rings. The molecule has 130 valence electrons. The van der Waals surface area contributed by atoms with Crippen LogP contribution in [0.5, 0.6) is 0 Å². The zero-order valence-electron chi connectivity index (χ0n) is 14.6. The second kappa shape index (κ2) is 8.27. The molecule has 1 atom stereocenters. The Morgan fingerprint density at radius 1 is 1.38 bits per heavy atom. The topological polar surface area (TPSA) is 58.1 Å². The molecule has 2 heterocycles. The summed E-state index contributed by atoms with van der Waals surface area (Å²) in [6.07, 6.45) is 12.4. The van der Waals surface area contributed by atoms with Crippen molar-refractivity contribution >= 4 is 11.9 Å². The Labute approximate surface area is 144 Å². The first-order chi connectivity index (χ1) is 11.7. The summed E-state index contributed by atoms with van der Waals surface area (Å²) >= 11 is 0. The van der Waals surface area contributed by atoms with E-state index in [2.05, 4.69) is 28.3 Å². The Bertz CT molecular complexity index is 599. The Morgan fingerprint density at radius 2 is 2.29 bits per heavy atom. The van der Waals surface area contributed by atoms with E-state index in [0.717, 1.165) is 32.5 Å². The van der Waals surface area contributed by atoms with Crippen LogP contribution in [0.15, 0.2) is 23.9 Å². The largest absolute Gasteiger partial charge is 0.354 e. The lowest BCUT2D eigenvalue weighted by Crippen LogP contribution is -2.39. The third-order valence-electron chi connectivity index (χ3n) is 4.93. The lowest BCUT2D eigenvalue weighted by Gasteiger charge is -2.30. The smallest absolute Gasteiger partial charge is 0.272 e. The second-order valence-corrected chi connectivity index (χ2v) is 7.05. The van der Waals surface area contributed by atoms with Crippen LogP contribution in [0.25, 0.3) is 0 Å². The molecule has 0 bridgehead atoms. The highest BCUT2D eigenvalue weighted by molar-refractivity contribution is 5.92. The van der Waals surface area contributed by atoms with Crippen LogP contribution in [0, 0.1) is 5.92 Å². The molecule has 1 saturated heterocycles. The molecule has 1 aliphatic heterocycles. The lowest BCUT2D eigenvalue weighted by atomic mass is 9.97. The Balaban J connectivity index is 1.55. The molecule has 5 heteroatoms. The van der Waals surface area contributed by atoms with Gasteiger partial charge in [-0.25, -0.2) is 9.97 Å². The Hall–Kier alpha value is -1.91. The molecule has 1 amide bonds. The van der Waals surface area contributed by atoms with Gasteiger partial charge in [0.2, 0.25) is 5.95 Å². The minimum atomic E-state index is 0.0296. The van der Waals surface area contributed by atoms with Crippen LogP contribution in [0.1, 0.15) is 62.4 Å². The maximum atomic E-state index is 12.6. The molecule has 1 N–H and O–H groups in total. The number of nitrogens with one attached hydrogen (secondary N) is 1. The molecule has 0 aromatic carbocycles. The Morgan fingerprint density at radius 3 is 3.08 bits per heavy atom. The molecular formula is C19H28N4O. The van der Waals surface area contributed by atoms with E-state index in [9.17, 15) is 4.79 Å². The van der Waals surface area contributed by atoms with Crippen molar-refractivity contribution in [3.8, 4) is 0 Å². The third-order valence-corrected chi connectivity index (χ3v) is 4.93. The summed E-state index contributed by atoms with van der Waals surface area (Å²) in [6.45, 7) is 4.69. The SMILES string of the molecule is CC1CCCN(C(=O)c2ccnc(NCCC3=CCCCC3)n2)C1. The van der Waals surface area contributed by atoms with Gasteiger partial charge in [0, 0.05) is 25.8 Å². The van der Waals surface area contributed by atoms with Crippen LogP contribution in [0.2, 0.25) is 0 Å². The van der Waals surface area contributed by atoms with E-state index in [4.69, 9.17) is 0 Å². The molecule has 0 spiro atoms. The van der Waals surface area contributed by atoms with Gasteiger partial charge in [-0.15, -0.1) is 0 Å². The molecule has 1 fully saturated rings. The fourth-order valence-electron chi connectivity index (χ4n) is 3.57. The number of hydrogen-bond acceptors (Lipinski definition) is 4. The molecule has 0 saturated carbocycles. The average molecular weight is 328 g/mol. The van der Waals surface area contributed by atoms with Crippen molar-refractivity contribution in [3.05, 3.63) is 29.6 Å². The molecular weight excluding hydrogens is 300 g/mol. The Kier molecular flexibility index (Phi) is 5.83. The normalized spacial score (nSPS) is 21.3. The van der Waals surface area contributed by atoms with Gasteiger partial charge in [-0.1, -0.05) is 18.6 Å². The number of anilines is 1. The molecule has 1 aromatic heterocycles. The van der Waals surface area contributed by atoms with Gasteiger partial charge in [0.1, 0.15) is 5.69 Å². The highest BCUT2D eigenvalue weighted by atomic mass is 16.2. The summed E-state index contributed by atoms with van der Waals surface area (Å²) in [5.41, 5.74) is 2.03. The molecule has 1 aliphatic carbocycles. The second-order valence-electron chi connectivity index (χ2n) is 7.05. The fraction of sp³-hybridized carbons (Fsp3) is 0.632. The quantitative estimate of drug-likeness (QED) is 0.838. The summed E-state index contributed by atoms with van der Waals surface area (Å²) in [4.78, 5) is 23.2. The van der Waals surface area contributed by atoms with Crippen LogP contribution in [0.4, 0.5) is 5.95 Å². The maximum absolute atomic E-state index is 12.6. The van der Waals surface area contributed by atoms with E-state index in [0.29, 0.717) is 17.6 Å². The van der Waals surface area contributed by atoms with Crippen molar-refractivity contribution in [2.75, 3.05) is 25.0 Å². The van der Waals surface area contributed by atoms with E-state index in [1.54, 1.807) is 12.3 Å². The fourth-order valence-corrected chi connectivity index (χ4v) is 3.57.